The molecule has 0 aromatic heterocycles. The Morgan fingerprint density at radius 2 is 1.08 bits per heavy atom. The van der Waals surface area contributed by atoms with E-state index in [9.17, 15) is 9.59 Å². The molecule has 0 spiro atoms. The molecule has 3 rings (SSSR count). The van der Waals surface area contributed by atoms with Crippen LogP contribution in [0.1, 0.15) is 34.6 Å². The number of ether oxygens (including phenoxy) is 4. The maximum absolute atomic E-state index is 11.3. The molecule has 1 saturated heterocycles. The second-order valence-electron chi connectivity index (χ2n) is 5.88. The summed E-state index contributed by atoms with van der Waals surface area (Å²) in [6.07, 6.45) is -1.50. The number of rotatable bonds is 6. The van der Waals surface area contributed by atoms with Crippen LogP contribution in [0.25, 0.3) is 0 Å². The van der Waals surface area contributed by atoms with Gasteiger partial charge in [0.15, 0.2) is 11.6 Å². The molecule has 6 nitrogen and oxygen atoms in total. The van der Waals surface area contributed by atoms with E-state index in [1.54, 1.807) is 48.5 Å². The van der Waals surface area contributed by atoms with E-state index >= 15 is 0 Å². The molecule has 0 N–H and O–H groups in total. The molecule has 6 heteroatoms. The lowest BCUT2D eigenvalue weighted by atomic mass is 10.1. The Morgan fingerprint density at radius 1 is 0.731 bits per heavy atom. The Hall–Kier alpha value is -2.70. The van der Waals surface area contributed by atoms with Crippen molar-refractivity contribution in [1.29, 1.82) is 0 Å². The lowest BCUT2D eigenvalue weighted by Gasteiger charge is -2.31. The summed E-state index contributed by atoms with van der Waals surface area (Å²) >= 11 is 0. The zero-order valence-corrected chi connectivity index (χ0v) is 14.6. The first-order valence-electron chi connectivity index (χ1n) is 8.31. The fraction of sp³-hybridized carbons (Fsp3) is 0.300. The maximum atomic E-state index is 11.3. The molecule has 26 heavy (non-hydrogen) atoms. The van der Waals surface area contributed by atoms with Gasteiger partial charge in [0.2, 0.25) is 0 Å². The summed E-state index contributed by atoms with van der Waals surface area (Å²) in [6.45, 7) is 3.79. The van der Waals surface area contributed by atoms with E-state index in [-0.39, 0.29) is 11.6 Å². The van der Waals surface area contributed by atoms with Gasteiger partial charge in [-0.2, -0.15) is 0 Å². The molecule has 1 aliphatic rings. The molecule has 0 saturated carbocycles. The fourth-order valence-electron chi connectivity index (χ4n) is 2.47. The van der Waals surface area contributed by atoms with Crippen LogP contribution in [0.4, 0.5) is 0 Å². The van der Waals surface area contributed by atoms with E-state index in [1.165, 1.54) is 13.8 Å². The Balaban J connectivity index is 1.67. The SMILES string of the molecule is CC(=O)c1ccc(O[C@H]2OCCO[C@H]2Oc2ccc(C(C)=O)cc2)cc1. The molecular formula is C20H20O6. The predicted molar refractivity (Wildman–Crippen MR) is 93.6 cm³/mol. The number of benzene rings is 2. The van der Waals surface area contributed by atoms with Gasteiger partial charge in [-0.25, -0.2) is 0 Å². The van der Waals surface area contributed by atoms with Crippen molar-refractivity contribution in [2.45, 2.75) is 26.4 Å². The summed E-state index contributed by atoms with van der Waals surface area (Å²) in [5.41, 5.74) is 1.22. The van der Waals surface area contributed by atoms with Crippen LogP contribution in [0, 0.1) is 0 Å². The number of ketones is 2. The van der Waals surface area contributed by atoms with Gasteiger partial charge in [-0.05, 0) is 62.4 Å². The highest BCUT2D eigenvalue weighted by atomic mass is 16.8. The normalized spacial score (nSPS) is 19.6. The largest absolute Gasteiger partial charge is 0.458 e. The zero-order valence-electron chi connectivity index (χ0n) is 14.6. The molecule has 2 aromatic carbocycles. The summed E-state index contributed by atoms with van der Waals surface area (Å²) in [4.78, 5) is 22.7. The average molecular weight is 356 g/mol. The molecule has 0 aliphatic carbocycles. The van der Waals surface area contributed by atoms with Crippen LogP contribution >= 0.6 is 0 Å². The molecule has 0 amide bonds. The van der Waals surface area contributed by atoms with Crippen LogP contribution in [0.3, 0.4) is 0 Å². The number of carbonyl (C=O) groups is 2. The van der Waals surface area contributed by atoms with E-state index in [1.807, 2.05) is 0 Å². The summed E-state index contributed by atoms with van der Waals surface area (Å²) in [5, 5.41) is 0. The Morgan fingerprint density at radius 3 is 1.38 bits per heavy atom. The van der Waals surface area contributed by atoms with Gasteiger partial charge in [0.1, 0.15) is 11.5 Å². The molecule has 1 aliphatic heterocycles. The topological polar surface area (TPSA) is 71.1 Å². The third-order valence-electron chi connectivity index (χ3n) is 3.90. The van der Waals surface area contributed by atoms with E-state index in [0.29, 0.717) is 35.8 Å². The van der Waals surface area contributed by atoms with Gasteiger partial charge in [0.05, 0.1) is 13.2 Å². The first-order valence-corrected chi connectivity index (χ1v) is 8.31. The molecule has 136 valence electrons. The van der Waals surface area contributed by atoms with Gasteiger partial charge >= 0.3 is 0 Å². The van der Waals surface area contributed by atoms with E-state index in [2.05, 4.69) is 0 Å². The molecule has 1 heterocycles. The summed E-state index contributed by atoms with van der Waals surface area (Å²) < 4.78 is 22.8. The molecule has 2 aromatic rings. The van der Waals surface area contributed by atoms with Crippen LogP contribution in [0.5, 0.6) is 11.5 Å². The molecule has 0 unspecified atom stereocenters. The highest BCUT2D eigenvalue weighted by Gasteiger charge is 2.31. The highest BCUT2D eigenvalue weighted by Crippen LogP contribution is 2.22. The van der Waals surface area contributed by atoms with Crippen molar-refractivity contribution in [3.63, 3.8) is 0 Å². The lowest BCUT2D eigenvalue weighted by Crippen LogP contribution is -2.45. The summed E-state index contributed by atoms with van der Waals surface area (Å²) in [6, 6.07) is 13.6. The Bertz CT molecular complexity index is 698. The van der Waals surface area contributed by atoms with Gasteiger partial charge in [-0.1, -0.05) is 0 Å². The van der Waals surface area contributed by atoms with Gasteiger partial charge < -0.3 is 18.9 Å². The molecule has 0 bridgehead atoms. The van der Waals surface area contributed by atoms with Crippen molar-refractivity contribution in [3.8, 4) is 11.5 Å². The maximum Gasteiger partial charge on any atom is 0.263 e. The summed E-state index contributed by atoms with van der Waals surface area (Å²) in [5.74, 6) is 1.07. The van der Waals surface area contributed by atoms with Gasteiger partial charge in [-0.15, -0.1) is 0 Å². The molecule has 1 fully saturated rings. The second-order valence-corrected chi connectivity index (χ2v) is 5.88. The smallest absolute Gasteiger partial charge is 0.263 e. The third-order valence-corrected chi connectivity index (χ3v) is 3.90. The number of hydrogen-bond donors (Lipinski definition) is 0. The van der Waals surface area contributed by atoms with Crippen molar-refractivity contribution >= 4 is 11.6 Å². The predicted octanol–water partition coefficient (Wildman–Crippen LogP) is 3.25. The lowest BCUT2D eigenvalue weighted by molar-refractivity contribution is -0.271. The van der Waals surface area contributed by atoms with Crippen molar-refractivity contribution in [1.82, 2.24) is 0 Å². The number of carbonyl (C=O) groups excluding carboxylic acids is 2. The van der Waals surface area contributed by atoms with Gasteiger partial charge in [0, 0.05) is 11.1 Å². The van der Waals surface area contributed by atoms with Gasteiger partial charge in [0.25, 0.3) is 12.6 Å². The first-order chi connectivity index (χ1) is 12.5. The van der Waals surface area contributed by atoms with Gasteiger partial charge in [-0.3, -0.25) is 9.59 Å². The van der Waals surface area contributed by atoms with Crippen LogP contribution < -0.4 is 9.47 Å². The van der Waals surface area contributed by atoms with Crippen molar-refractivity contribution < 1.29 is 28.5 Å². The summed E-state index contributed by atoms with van der Waals surface area (Å²) in [7, 11) is 0. The minimum atomic E-state index is -0.751. The highest BCUT2D eigenvalue weighted by molar-refractivity contribution is 5.94. The quantitative estimate of drug-likeness (QED) is 0.740. The van der Waals surface area contributed by atoms with Crippen LogP contribution in [0.15, 0.2) is 48.5 Å². The average Bonchev–Trinajstić information content (AvgIpc) is 2.64. The minimum absolute atomic E-state index is 0.0102. The third kappa shape index (κ3) is 4.47. The Labute approximate surface area is 151 Å². The van der Waals surface area contributed by atoms with Crippen molar-refractivity contribution in [2.24, 2.45) is 0 Å². The van der Waals surface area contributed by atoms with Crippen LogP contribution in [-0.4, -0.2) is 37.4 Å². The fourth-order valence-corrected chi connectivity index (χ4v) is 2.47. The number of Topliss-reactive ketones (excluding diaryl/α,β-unsaturated/α-hetero) is 2. The van der Waals surface area contributed by atoms with Crippen molar-refractivity contribution in [3.05, 3.63) is 59.7 Å². The van der Waals surface area contributed by atoms with E-state index < -0.39 is 12.6 Å². The second kappa shape index (κ2) is 8.12. The minimum Gasteiger partial charge on any atom is -0.458 e. The van der Waals surface area contributed by atoms with E-state index in [0.717, 1.165) is 0 Å². The Kier molecular flexibility index (Phi) is 5.65. The molecule has 2 atom stereocenters. The first kappa shape index (κ1) is 18.1. The standard InChI is InChI=1S/C20H20O6/c1-13(21)15-3-7-17(8-4-15)25-19-20(24-12-11-23-19)26-18-9-5-16(6-10-18)14(2)22/h3-10,19-20H,11-12H2,1-2H3/t19-,20+. The van der Waals surface area contributed by atoms with Crippen molar-refractivity contribution in [2.75, 3.05) is 13.2 Å². The van der Waals surface area contributed by atoms with E-state index in [4.69, 9.17) is 18.9 Å². The monoisotopic (exact) mass is 356 g/mol. The van der Waals surface area contributed by atoms with Crippen LogP contribution in [0.2, 0.25) is 0 Å². The number of hydrogen-bond acceptors (Lipinski definition) is 6. The zero-order chi connectivity index (χ0) is 18.5. The van der Waals surface area contributed by atoms with Crippen LogP contribution in [-0.2, 0) is 9.47 Å². The molecular weight excluding hydrogens is 336 g/mol. The molecule has 0 radical (unpaired) electrons.